The largest absolute Gasteiger partial charge is 0.416 e. The van der Waals surface area contributed by atoms with Gasteiger partial charge in [0.25, 0.3) is 5.56 Å². The van der Waals surface area contributed by atoms with E-state index in [9.17, 15) is 18.0 Å². The fourth-order valence-corrected chi connectivity index (χ4v) is 2.94. The van der Waals surface area contributed by atoms with Gasteiger partial charge in [0.15, 0.2) is 0 Å². The molecule has 0 bridgehead atoms. The van der Waals surface area contributed by atoms with Gasteiger partial charge >= 0.3 is 6.18 Å². The van der Waals surface area contributed by atoms with Crippen molar-refractivity contribution in [2.24, 2.45) is 0 Å². The van der Waals surface area contributed by atoms with Crippen molar-refractivity contribution in [3.63, 3.8) is 0 Å². The van der Waals surface area contributed by atoms with Gasteiger partial charge < -0.3 is 0 Å². The first-order chi connectivity index (χ1) is 9.95. The Morgan fingerprint density at radius 3 is 2.29 bits per heavy atom. The summed E-state index contributed by atoms with van der Waals surface area (Å²) in [5, 5.41) is 0.922. The number of hydrogen-bond donors (Lipinski definition) is 0. The lowest BCUT2D eigenvalue weighted by Crippen LogP contribution is -2.06. The molecule has 0 fully saturated rings. The number of rotatable bonds is 1. The molecule has 0 saturated carbocycles. The van der Waals surface area contributed by atoms with Gasteiger partial charge in [0, 0.05) is 10.3 Å². The maximum Gasteiger partial charge on any atom is 0.416 e. The Morgan fingerprint density at radius 2 is 1.62 bits per heavy atom. The predicted molar refractivity (Wildman–Crippen MR) is 76.3 cm³/mol. The Hall–Kier alpha value is -2.21. The van der Waals surface area contributed by atoms with Gasteiger partial charge in [0.1, 0.15) is 5.01 Å². The van der Waals surface area contributed by atoms with E-state index < -0.39 is 11.7 Å². The second-order valence-corrected chi connectivity index (χ2v) is 5.43. The molecule has 2 aromatic carbocycles. The van der Waals surface area contributed by atoms with Crippen LogP contribution >= 0.6 is 11.3 Å². The molecule has 0 N–H and O–H groups in total. The Kier molecular flexibility index (Phi) is 3.25. The first-order valence-corrected chi connectivity index (χ1v) is 6.84. The van der Waals surface area contributed by atoms with E-state index in [0.717, 1.165) is 16.8 Å². The molecule has 0 aliphatic carbocycles. The zero-order valence-corrected chi connectivity index (χ0v) is 11.3. The van der Waals surface area contributed by atoms with Crippen molar-refractivity contribution in [1.29, 1.82) is 0 Å². The summed E-state index contributed by atoms with van der Waals surface area (Å²) >= 11 is 1.28. The zero-order chi connectivity index (χ0) is 15.0. The number of nitrogens with zero attached hydrogens (tertiary/aromatic N) is 1. The fraction of sp³-hybridized carbons (Fsp3) is 0.0667. The van der Waals surface area contributed by atoms with E-state index in [2.05, 4.69) is 4.98 Å². The zero-order valence-electron chi connectivity index (χ0n) is 10.5. The lowest BCUT2D eigenvalue weighted by Gasteiger charge is -2.07. The summed E-state index contributed by atoms with van der Waals surface area (Å²) < 4.78 is 38.4. The van der Waals surface area contributed by atoms with Crippen molar-refractivity contribution in [2.75, 3.05) is 0 Å². The van der Waals surface area contributed by atoms with Gasteiger partial charge in [-0.15, -0.1) is 11.3 Å². The van der Waals surface area contributed by atoms with Crippen LogP contribution in [0.15, 0.2) is 53.3 Å². The third kappa shape index (κ3) is 2.67. The molecular formula is C15H8F3NOS. The minimum absolute atomic E-state index is 0.376. The van der Waals surface area contributed by atoms with Gasteiger partial charge in [-0.05, 0) is 24.3 Å². The Labute approximate surface area is 121 Å². The van der Waals surface area contributed by atoms with Crippen LogP contribution in [0.5, 0.6) is 0 Å². The number of halogens is 3. The SMILES string of the molecule is O=c1nc(-c2ccc(C(F)(F)F)cc2)sc2ccccc12. The lowest BCUT2D eigenvalue weighted by atomic mass is 10.1. The van der Waals surface area contributed by atoms with Crippen LogP contribution in [0.2, 0.25) is 0 Å². The third-order valence-corrected chi connectivity index (χ3v) is 4.08. The summed E-state index contributed by atoms with van der Waals surface area (Å²) in [5.74, 6) is 0. The van der Waals surface area contributed by atoms with Gasteiger partial charge in [-0.1, -0.05) is 24.3 Å². The second kappa shape index (κ2) is 4.96. The van der Waals surface area contributed by atoms with Crippen molar-refractivity contribution >= 4 is 21.4 Å². The summed E-state index contributed by atoms with van der Waals surface area (Å²) in [6.07, 6.45) is -4.37. The molecule has 0 amide bonds. The maximum atomic E-state index is 12.5. The predicted octanol–water partition coefficient (Wildman–Crippen LogP) is 4.34. The Bertz CT molecular complexity index is 853. The highest BCUT2D eigenvalue weighted by atomic mass is 32.1. The van der Waals surface area contributed by atoms with E-state index in [0.29, 0.717) is 16.0 Å². The normalized spacial score (nSPS) is 11.8. The molecule has 0 atom stereocenters. The second-order valence-electron chi connectivity index (χ2n) is 4.40. The highest BCUT2D eigenvalue weighted by molar-refractivity contribution is 7.21. The summed E-state index contributed by atoms with van der Waals surface area (Å²) in [4.78, 5) is 15.9. The van der Waals surface area contributed by atoms with E-state index >= 15 is 0 Å². The van der Waals surface area contributed by atoms with Crippen molar-refractivity contribution in [1.82, 2.24) is 4.98 Å². The fourth-order valence-electron chi connectivity index (χ4n) is 1.94. The molecule has 21 heavy (non-hydrogen) atoms. The minimum Gasteiger partial charge on any atom is -0.267 e. The summed E-state index contributed by atoms with van der Waals surface area (Å²) in [6, 6.07) is 11.7. The van der Waals surface area contributed by atoms with Gasteiger partial charge in [0.2, 0.25) is 0 Å². The molecule has 1 heterocycles. The summed E-state index contributed by atoms with van der Waals surface area (Å²) in [5.41, 5.74) is -0.602. The number of aromatic nitrogens is 1. The van der Waals surface area contributed by atoms with Crippen LogP contribution in [0, 0.1) is 0 Å². The van der Waals surface area contributed by atoms with E-state index in [-0.39, 0.29) is 5.56 Å². The van der Waals surface area contributed by atoms with E-state index in [1.807, 2.05) is 0 Å². The molecule has 0 aliphatic heterocycles. The molecule has 2 nitrogen and oxygen atoms in total. The van der Waals surface area contributed by atoms with Crippen LogP contribution in [0.3, 0.4) is 0 Å². The molecule has 3 rings (SSSR count). The third-order valence-electron chi connectivity index (χ3n) is 2.99. The topological polar surface area (TPSA) is 30.0 Å². The first-order valence-electron chi connectivity index (χ1n) is 6.03. The Balaban J connectivity index is 2.10. The van der Waals surface area contributed by atoms with Gasteiger partial charge in [-0.3, -0.25) is 4.79 Å². The minimum atomic E-state index is -4.37. The molecule has 106 valence electrons. The molecule has 3 aromatic rings. The van der Waals surface area contributed by atoms with Crippen molar-refractivity contribution in [3.8, 4) is 10.6 Å². The average molecular weight is 307 g/mol. The number of benzene rings is 2. The van der Waals surface area contributed by atoms with Gasteiger partial charge in [-0.2, -0.15) is 18.2 Å². The Morgan fingerprint density at radius 1 is 0.952 bits per heavy atom. The van der Waals surface area contributed by atoms with E-state index in [1.165, 1.54) is 23.5 Å². The molecular weight excluding hydrogens is 299 g/mol. The van der Waals surface area contributed by atoms with Crippen LogP contribution in [-0.4, -0.2) is 4.98 Å². The average Bonchev–Trinajstić information content (AvgIpc) is 2.46. The first kappa shape index (κ1) is 13.8. The molecule has 0 unspecified atom stereocenters. The van der Waals surface area contributed by atoms with Crippen LogP contribution in [0.25, 0.3) is 20.7 Å². The van der Waals surface area contributed by atoms with Crippen LogP contribution in [0.1, 0.15) is 5.56 Å². The van der Waals surface area contributed by atoms with Crippen LogP contribution in [-0.2, 0) is 6.18 Å². The van der Waals surface area contributed by atoms with E-state index in [1.54, 1.807) is 24.3 Å². The quantitative estimate of drug-likeness (QED) is 0.669. The number of hydrogen-bond acceptors (Lipinski definition) is 3. The van der Waals surface area contributed by atoms with Crippen LogP contribution in [0.4, 0.5) is 13.2 Å². The van der Waals surface area contributed by atoms with Crippen molar-refractivity contribution in [3.05, 3.63) is 64.4 Å². The van der Waals surface area contributed by atoms with Crippen molar-refractivity contribution < 1.29 is 13.2 Å². The molecule has 0 saturated heterocycles. The maximum absolute atomic E-state index is 12.5. The molecule has 0 aliphatic rings. The monoisotopic (exact) mass is 307 g/mol. The summed E-state index contributed by atoms with van der Waals surface area (Å²) in [7, 11) is 0. The molecule has 6 heteroatoms. The van der Waals surface area contributed by atoms with Crippen molar-refractivity contribution in [2.45, 2.75) is 6.18 Å². The highest BCUT2D eigenvalue weighted by Crippen LogP contribution is 2.32. The van der Waals surface area contributed by atoms with Crippen LogP contribution < -0.4 is 5.56 Å². The number of alkyl halides is 3. The summed E-state index contributed by atoms with van der Waals surface area (Å²) in [6.45, 7) is 0. The molecule has 0 radical (unpaired) electrons. The lowest BCUT2D eigenvalue weighted by molar-refractivity contribution is -0.137. The molecule has 0 spiro atoms. The van der Waals surface area contributed by atoms with Gasteiger partial charge in [0.05, 0.1) is 10.9 Å². The number of fused-ring (bicyclic) bond motifs is 1. The smallest absolute Gasteiger partial charge is 0.267 e. The standard InChI is InChI=1S/C15H8F3NOS/c16-15(17,18)10-7-5-9(6-8-10)14-19-13(20)11-3-1-2-4-12(11)21-14/h1-8H. The van der Waals surface area contributed by atoms with E-state index in [4.69, 9.17) is 0 Å². The highest BCUT2D eigenvalue weighted by Gasteiger charge is 2.30. The molecule has 1 aromatic heterocycles. The van der Waals surface area contributed by atoms with Gasteiger partial charge in [-0.25, -0.2) is 0 Å².